The third-order valence-electron chi connectivity index (χ3n) is 9.95. The molecule has 1 unspecified atom stereocenters. The van der Waals surface area contributed by atoms with Crippen LogP contribution in [0, 0.1) is 0 Å². The van der Waals surface area contributed by atoms with Gasteiger partial charge < -0.3 is 14.2 Å². The minimum Gasteiger partial charge on any atom is -0.462 e. The molecule has 0 aliphatic heterocycles. The van der Waals surface area contributed by atoms with Crippen LogP contribution < -0.4 is 0 Å². The van der Waals surface area contributed by atoms with Crippen molar-refractivity contribution in [2.45, 2.75) is 226 Å². The Morgan fingerprint density at radius 3 is 1.14 bits per heavy atom. The monoisotopic (exact) mass is 809 g/mol. The molecule has 1 atom stereocenters. The van der Waals surface area contributed by atoms with E-state index in [1.165, 1.54) is 83.5 Å². The van der Waals surface area contributed by atoms with Crippen LogP contribution in [-0.2, 0) is 28.6 Å². The van der Waals surface area contributed by atoms with E-state index >= 15 is 0 Å². The van der Waals surface area contributed by atoms with E-state index in [0.29, 0.717) is 19.3 Å². The molecule has 0 aromatic rings. The van der Waals surface area contributed by atoms with Crippen LogP contribution in [0.5, 0.6) is 0 Å². The zero-order valence-electron chi connectivity index (χ0n) is 37.8. The fraction of sp³-hybridized carbons (Fsp3) is 0.712. The Morgan fingerprint density at radius 1 is 0.362 bits per heavy atom. The lowest BCUT2D eigenvalue weighted by Gasteiger charge is -2.18. The van der Waals surface area contributed by atoms with Gasteiger partial charge >= 0.3 is 17.9 Å². The lowest BCUT2D eigenvalue weighted by atomic mass is 10.1. The van der Waals surface area contributed by atoms with Crippen molar-refractivity contribution < 1.29 is 28.6 Å². The van der Waals surface area contributed by atoms with E-state index in [2.05, 4.69) is 93.7 Å². The van der Waals surface area contributed by atoms with E-state index in [4.69, 9.17) is 14.2 Å². The molecular weight excluding hydrogens is 721 g/mol. The van der Waals surface area contributed by atoms with Crippen LogP contribution in [0.4, 0.5) is 0 Å². The molecule has 0 amide bonds. The Hall–Kier alpha value is -3.15. The number of hydrogen-bond acceptors (Lipinski definition) is 6. The van der Waals surface area contributed by atoms with E-state index in [-0.39, 0.29) is 37.5 Å². The standard InChI is InChI=1S/C52H88O6/c1-4-7-10-13-16-19-21-23-25-26-27-29-30-33-36-39-42-45-51(54)57-48-49(47-56-50(53)44-41-38-35-32-18-15-12-9-6-3)58-52(55)46-43-40-37-34-31-28-24-22-20-17-14-11-8-5-2/h7,10,16,19,22-25,27,29,33,36,49H,4-6,8-9,11-15,17-18,20-21,26,28,30-32,34-35,37-48H2,1-3H3/b10-7-,19-16-,24-22-,25-23-,29-27-,36-33-. The smallest absolute Gasteiger partial charge is 0.306 e. The van der Waals surface area contributed by atoms with Crippen molar-refractivity contribution in [3.8, 4) is 0 Å². The summed E-state index contributed by atoms with van der Waals surface area (Å²) in [6.07, 6.45) is 57.5. The van der Waals surface area contributed by atoms with Crippen molar-refractivity contribution in [1.82, 2.24) is 0 Å². The quantitative estimate of drug-likeness (QED) is 0.0264. The molecule has 0 fully saturated rings. The van der Waals surface area contributed by atoms with Gasteiger partial charge in [0.2, 0.25) is 0 Å². The Labute approximate surface area is 357 Å². The SMILES string of the molecule is CC/C=C\C/C=C\C/C=C\C/C=C\C/C=C\CCCC(=O)OCC(COC(=O)CCCCCCCCCCC)OC(=O)CCCCCCC/C=C\CCCCCCC. The summed E-state index contributed by atoms with van der Waals surface area (Å²) >= 11 is 0. The zero-order valence-corrected chi connectivity index (χ0v) is 37.8. The summed E-state index contributed by atoms with van der Waals surface area (Å²) < 4.78 is 16.7. The highest BCUT2D eigenvalue weighted by Gasteiger charge is 2.19. The van der Waals surface area contributed by atoms with Crippen LogP contribution in [0.3, 0.4) is 0 Å². The lowest BCUT2D eigenvalue weighted by Crippen LogP contribution is -2.30. The van der Waals surface area contributed by atoms with Gasteiger partial charge in [0, 0.05) is 19.3 Å². The normalized spacial score (nSPS) is 12.7. The molecule has 332 valence electrons. The molecule has 0 bridgehead atoms. The molecule has 0 radical (unpaired) electrons. The summed E-state index contributed by atoms with van der Waals surface area (Å²) in [4.78, 5) is 37.7. The highest BCUT2D eigenvalue weighted by molar-refractivity contribution is 5.71. The Morgan fingerprint density at radius 2 is 0.690 bits per heavy atom. The predicted octanol–water partition coefficient (Wildman–Crippen LogP) is 15.5. The molecule has 0 aromatic carbocycles. The number of carbonyl (C=O) groups excluding carboxylic acids is 3. The highest BCUT2D eigenvalue weighted by Crippen LogP contribution is 2.13. The van der Waals surface area contributed by atoms with Crippen LogP contribution in [0.25, 0.3) is 0 Å². The van der Waals surface area contributed by atoms with Crippen molar-refractivity contribution >= 4 is 17.9 Å². The average molecular weight is 809 g/mol. The molecule has 0 heterocycles. The second-order valence-corrected chi connectivity index (χ2v) is 15.6. The van der Waals surface area contributed by atoms with Gasteiger partial charge in [-0.1, -0.05) is 190 Å². The topological polar surface area (TPSA) is 78.9 Å². The number of carbonyl (C=O) groups is 3. The first-order valence-corrected chi connectivity index (χ1v) is 23.9. The van der Waals surface area contributed by atoms with Crippen molar-refractivity contribution in [3.05, 3.63) is 72.9 Å². The van der Waals surface area contributed by atoms with Crippen LogP contribution >= 0.6 is 0 Å². The molecule has 0 aliphatic carbocycles. The van der Waals surface area contributed by atoms with Gasteiger partial charge in [0.05, 0.1) is 0 Å². The minimum absolute atomic E-state index is 0.0957. The maximum Gasteiger partial charge on any atom is 0.306 e. The van der Waals surface area contributed by atoms with Crippen LogP contribution in [0.1, 0.15) is 220 Å². The summed E-state index contributed by atoms with van der Waals surface area (Å²) in [5.74, 6) is -0.971. The molecule has 0 aliphatic rings. The molecule has 58 heavy (non-hydrogen) atoms. The van der Waals surface area contributed by atoms with Crippen molar-refractivity contribution in [2.24, 2.45) is 0 Å². The fourth-order valence-corrected chi connectivity index (χ4v) is 6.35. The van der Waals surface area contributed by atoms with E-state index in [1.54, 1.807) is 0 Å². The van der Waals surface area contributed by atoms with Gasteiger partial charge in [-0.05, 0) is 83.5 Å². The maximum atomic E-state index is 12.7. The van der Waals surface area contributed by atoms with Crippen molar-refractivity contribution in [2.75, 3.05) is 13.2 Å². The van der Waals surface area contributed by atoms with Gasteiger partial charge in [0.1, 0.15) is 13.2 Å². The number of ether oxygens (including phenoxy) is 3. The number of unbranched alkanes of at least 4 members (excludes halogenated alkanes) is 19. The molecule has 6 heteroatoms. The average Bonchev–Trinajstić information content (AvgIpc) is 3.22. The van der Waals surface area contributed by atoms with Crippen molar-refractivity contribution in [1.29, 1.82) is 0 Å². The summed E-state index contributed by atoms with van der Waals surface area (Å²) in [5, 5.41) is 0. The number of rotatable bonds is 42. The molecule has 6 nitrogen and oxygen atoms in total. The molecule has 0 saturated heterocycles. The first-order chi connectivity index (χ1) is 28.5. The Balaban J connectivity index is 4.46. The van der Waals surface area contributed by atoms with E-state index in [0.717, 1.165) is 89.9 Å². The minimum atomic E-state index is -0.798. The first kappa shape index (κ1) is 54.9. The highest BCUT2D eigenvalue weighted by atomic mass is 16.6. The van der Waals surface area contributed by atoms with Crippen molar-refractivity contribution in [3.63, 3.8) is 0 Å². The van der Waals surface area contributed by atoms with Gasteiger partial charge in [-0.15, -0.1) is 0 Å². The van der Waals surface area contributed by atoms with Crippen LogP contribution in [-0.4, -0.2) is 37.2 Å². The zero-order chi connectivity index (χ0) is 42.3. The molecule has 0 N–H and O–H groups in total. The molecular formula is C52H88O6. The number of allylic oxidation sites excluding steroid dienone is 12. The predicted molar refractivity (Wildman–Crippen MR) is 247 cm³/mol. The third-order valence-corrected chi connectivity index (χ3v) is 9.95. The van der Waals surface area contributed by atoms with Gasteiger partial charge in [-0.25, -0.2) is 0 Å². The van der Waals surface area contributed by atoms with E-state index < -0.39 is 6.10 Å². The number of hydrogen-bond donors (Lipinski definition) is 0. The fourth-order valence-electron chi connectivity index (χ4n) is 6.35. The second-order valence-electron chi connectivity index (χ2n) is 15.6. The van der Waals surface area contributed by atoms with E-state index in [1.807, 2.05) is 0 Å². The third kappa shape index (κ3) is 44.0. The summed E-state index contributed by atoms with van der Waals surface area (Å²) in [7, 11) is 0. The summed E-state index contributed by atoms with van der Waals surface area (Å²) in [6.45, 7) is 6.43. The summed E-state index contributed by atoms with van der Waals surface area (Å²) in [5.41, 5.74) is 0. The van der Waals surface area contributed by atoms with E-state index in [9.17, 15) is 14.4 Å². The molecule has 0 saturated carbocycles. The van der Waals surface area contributed by atoms with Gasteiger partial charge in [0.15, 0.2) is 6.10 Å². The Bertz CT molecular complexity index is 1110. The molecule has 0 spiro atoms. The van der Waals surface area contributed by atoms with Gasteiger partial charge in [0.25, 0.3) is 0 Å². The lowest BCUT2D eigenvalue weighted by molar-refractivity contribution is -0.167. The summed E-state index contributed by atoms with van der Waals surface area (Å²) in [6, 6.07) is 0. The maximum absolute atomic E-state index is 12.7. The second kappa shape index (κ2) is 46.5. The molecule has 0 aromatic heterocycles. The first-order valence-electron chi connectivity index (χ1n) is 23.9. The van der Waals surface area contributed by atoms with Crippen LogP contribution in [0.2, 0.25) is 0 Å². The number of esters is 3. The largest absolute Gasteiger partial charge is 0.462 e. The van der Waals surface area contributed by atoms with Gasteiger partial charge in [-0.2, -0.15) is 0 Å². The Kier molecular flexibility index (Phi) is 44.0. The van der Waals surface area contributed by atoms with Crippen LogP contribution in [0.15, 0.2) is 72.9 Å². The molecule has 0 rings (SSSR count). The van der Waals surface area contributed by atoms with Gasteiger partial charge in [-0.3, -0.25) is 14.4 Å².